The third kappa shape index (κ3) is 3.81. The Bertz CT molecular complexity index is 1130. The molecule has 5 rings (SSSR count). The van der Waals surface area contributed by atoms with Gasteiger partial charge >= 0.3 is 0 Å². The number of hydrogen-bond donors (Lipinski definition) is 1. The molecule has 6 nitrogen and oxygen atoms in total. The van der Waals surface area contributed by atoms with Crippen molar-refractivity contribution in [2.24, 2.45) is 0 Å². The lowest BCUT2D eigenvalue weighted by atomic mass is 9.65. The average molecular weight is 444 g/mol. The molecule has 2 aromatic rings. The Balaban J connectivity index is 1.27. The molecule has 33 heavy (non-hydrogen) atoms. The van der Waals surface area contributed by atoms with Crippen molar-refractivity contribution in [1.29, 1.82) is 5.26 Å². The summed E-state index contributed by atoms with van der Waals surface area (Å²) in [5.41, 5.74) is 2.25. The quantitative estimate of drug-likeness (QED) is 0.784. The van der Waals surface area contributed by atoms with Crippen molar-refractivity contribution in [1.82, 2.24) is 9.80 Å². The second-order valence-corrected chi connectivity index (χ2v) is 9.84. The lowest BCUT2D eigenvalue weighted by Gasteiger charge is -2.40. The molecule has 1 N–H and O–H groups in total. The minimum Gasteiger partial charge on any atom is -0.380 e. The molecule has 2 amide bonds. The summed E-state index contributed by atoms with van der Waals surface area (Å²) in [4.78, 5) is 29.1. The van der Waals surface area contributed by atoms with Crippen LogP contribution in [-0.4, -0.2) is 58.0 Å². The molecular formula is C27H29N3O3. The maximum absolute atomic E-state index is 13.1. The molecule has 170 valence electrons. The van der Waals surface area contributed by atoms with Crippen LogP contribution in [0.4, 0.5) is 0 Å². The number of hydrogen-bond acceptors (Lipinski definition) is 4. The predicted octanol–water partition coefficient (Wildman–Crippen LogP) is 3.50. The molecule has 1 heterocycles. The van der Waals surface area contributed by atoms with Gasteiger partial charge in [0.2, 0.25) is 0 Å². The van der Waals surface area contributed by atoms with Crippen LogP contribution in [0.25, 0.3) is 11.1 Å². The van der Waals surface area contributed by atoms with Gasteiger partial charge in [0, 0.05) is 31.2 Å². The van der Waals surface area contributed by atoms with E-state index in [1.54, 1.807) is 9.80 Å². The summed E-state index contributed by atoms with van der Waals surface area (Å²) in [7, 11) is 0. The third-order valence-corrected chi connectivity index (χ3v) is 7.60. The molecule has 3 fully saturated rings. The van der Waals surface area contributed by atoms with Gasteiger partial charge in [-0.3, -0.25) is 9.59 Å². The normalized spacial score (nSPS) is 22.8. The average Bonchev–Trinajstić information content (AvgIpc) is 3.57. The van der Waals surface area contributed by atoms with Crippen LogP contribution >= 0.6 is 0 Å². The van der Waals surface area contributed by atoms with Gasteiger partial charge in [-0.05, 0) is 73.9 Å². The van der Waals surface area contributed by atoms with Gasteiger partial charge in [-0.2, -0.15) is 5.26 Å². The lowest BCUT2D eigenvalue weighted by molar-refractivity contribution is -0.146. The maximum atomic E-state index is 13.1. The standard InChI is InChI=1S/C27H29N3O3/c1-19-17-29(14-15-30(19)25(32)27(33)12-13-27)24(31)21-8-6-20(7-9-21)22-4-2-5-23(16-22)26(18-28)10-3-11-26/h2,4-9,16,19,33H,3,10-15,17H2,1H3/t19-/m1/s1. The fraction of sp³-hybridized carbons (Fsp3) is 0.444. The largest absolute Gasteiger partial charge is 0.380 e. The van der Waals surface area contributed by atoms with Crippen LogP contribution < -0.4 is 0 Å². The molecule has 0 spiro atoms. The number of amides is 2. The Morgan fingerprint density at radius 3 is 2.33 bits per heavy atom. The molecule has 1 saturated heterocycles. The predicted molar refractivity (Wildman–Crippen MR) is 124 cm³/mol. The fourth-order valence-electron chi connectivity index (χ4n) is 5.02. The van der Waals surface area contributed by atoms with Gasteiger partial charge in [0.15, 0.2) is 0 Å². The number of nitrogens with zero attached hydrogens (tertiary/aromatic N) is 3. The van der Waals surface area contributed by atoms with Crippen LogP contribution in [0, 0.1) is 11.3 Å². The summed E-state index contributed by atoms with van der Waals surface area (Å²) in [6, 6.07) is 18.2. The summed E-state index contributed by atoms with van der Waals surface area (Å²) in [6.45, 7) is 3.29. The number of piperazine rings is 1. The molecule has 6 heteroatoms. The molecule has 0 unspecified atom stereocenters. The summed E-state index contributed by atoms with van der Waals surface area (Å²) >= 11 is 0. The Hall–Kier alpha value is -3.17. The van der Waals surface area contributed by atoms with Crippen molar-refractivity contribution in [3.63, 3.8) is 0 Å². The molecule has 2 aromatic carbocycles. The summed E-state index contributed by atoms with van der Waals surface area (Å²) < 4.78 is 0. The first kappa shape index (κ1) is 21.7. The second kappa shape index (κ2) is 8.00. The first-order chi connectivity index (χ1) is 15.8. The summed E-state index contributed by atoms with van der Waals surface area (Å²) in [5.74, 6) is -0.244. The van der Waals surface area contributed by atoms with Crippen molar-refractivity contribution < 1.29 is 14.7 Å². The Morgan fingerprint density at radius 2 is 1.76 bits per heavy atom. The Morgan fingerprint density at radius 1 is 1.03 bits per heavy atom. The van der Waals surface area contributed by atoms with E-state index in [4.69, 9.17) is 0 Å². The highest BCUT2D eigenvalue weighted by Crippen LogP contribution is 2.44. The van der Waals surface area contributed by atoms with Crippen LogP contribution in [0.5, 0.6) is 0 Å². The number of rotatable bonds is 4. The zero-order chi connectivity index (χ0) is 23.2. The number of benzene rings is 2. The molecule has 2 saturated carbocycles. The van der Waals surface area contributed by atoms with Gasteiger partial charge in [0.25, 0.3) is 11.8 Å². The first-order valence-corrected chi connectivity index (χ1v) is 11.8. The Labute approximate surface area is 194 Å². The van der Waals surface area contributed by atoms with Gasteiger partial charge in [-0.25, -0.2) is 0 Å². The van der Waals surface area contributed by atoms with E-state index >= 15 is 0 Å². The number of carbonyl (C=O) groups is 2. The van der Waals surface area contributed by atoms with Crippen molar-refractivity contribution in [3.05, 3.63) is 59.7 Å². The number of aliphatic hydroxyl groups is 1. The van der Waals surface area contributed by atoms with Crippen molar-refractivity contribution in [2.75, 3.05) is 19.6 Å². The minimum atomic E-state index is -1.17. The number of carbonyl (C=O) groups excluding carboxylic acids is 2. The topological polar surface area (TPSA) is 84.6 Å². The highest BCUT2D eigenvalue weighted by molar-refractivity contribution is 5.95. The first-order valence-electron chi connectivity index (χ1n) is 11.8. The SMILES string of the molecule is C[C@@H]1CN(C(=O)c2ccc(-c3cccc(C4(C#N)CCC4)c3)cc2)CCN1C(=O)C1(O)CC1. The zero-order valence-electron chi connectivity index (χ0n) is 19.0. The molecule has 0 aromatic heterocycles. The van der Waals surface area contributed by atoms with Crippen molar-refractivity contribution >= 4 is 11.8 Å². The van der Waals surface area contributed by atoms with E-state index in [1.165, 1.54) is 0 Å². The van der Waals surface area contributed by atoms with Crippen LogP contribution in [-0.2, 0) is 10.2 Å². The van der Waals surface area contributed by atoms with Gasteiger partial charge in [-0.1, -0.05) is 30.3 Å². The van der Waals surface area contributed by atoms with Crippen molar-refractivity contribution in [2.45, 2.75) is 56.1 Å². The highest BCUT2D eigenvalue weighted by atomic mass is 16.3. The third-order valence-electron chi connectivity index (χ3n) is 7.60. The van der Waals surface area contributed by atoms with E-state index in [0.29, 0.717) is 38.0 Å². The van der Waals surface area contributed by atoms with Gasteiger partial charge in [-0.15, -0.1) is 0 Å². The fourth-order valence-corrected chi connectivity index (χ4v) is 5.02. The van der Waals surface area contributed by atoms with E-state index < -0.39 is 5.60 Å². The van der Waals surface area contributed by atoms with Crippen LogP contribution in [0.1, 0.15) is 54.9 Å². The molecule has 3 aliphatic rings. The highest BCUT2D eigenvalue weighted by Gasteiger charge is 2.51. The smallest absolute Gasteiger partial charge is 0.254 e. The van der Waals surface area contributed by atoms with E-state index in [2.05, 4.69) is 12.1 Å². The lowest BCUT2D eigenvalue weighted by Crippen LogP contribution is -2.57. The number of nitriles is 1. The molecule has 0 radical (unpaired) electrons. The van der Waals surface area contributed by atoms with Crippen molar-refractivity contribution in [3.8, 4) is 17.2 Å². The van der Waals surface area contributed by atoms with E-state index in [1.807, 2.05) is 49.4 Å². The van der Waals surface area contributed by atoms with Crippen LogP contribution in [0.3, 0.4) is 0 Å². The minimum absolute atomic E-state index is 0.0442. The van der Waals surface area contributed by atoms with Crippen LogP contribution in [0.2, 0.25) is 0 Å². The van der Waals surface area contributed by atoms with Gasteiger partial charge in [0.1, 0.15) is 5.60 Å². The molecular weight excluding hydrogens is 414 g/mol. The van der Waals surface area contributed by atoms with E-state index in [0.717, 1.165) is 36.0 Å². The second-order valence-electron chi connectivity index (χ2n) is 9.84. The molecule has 0 bridgehead atoms. The zero-order valence-corrected chi connectivity index (χ0v) is 19.0. The molecule has 1 aliphatic heterocycles. The summed E-state index contributed by atoms with van der Waals surface area (Å²) in [5, 5.41) is 19.8. The Kier molecular flexibility index (Phi) is 5.25. The van der Waals surface area contributed by atoms with Gasteiger partial charge in [0.05, 0.1) is 11.5 Å². The molecule has 2 aliphatic carbocycles. The van der Waals surface area contributed by atoms with E-state index in [9.17, 15) is 20.0 Å². The summed E-state index contributed by atoms with van der Waals surface area (Å²) in [6.07, 6.45) is 3.99. The molecule has 1 atom stereocenters. The van der Waals surface area contributed by atoms with E-state index in [-0.39, 0.29) is 23.3 Å². The van der Waals surface area contributed by atoms with Gasteiger partial charge < -0.3 is 14.9 Å². The van der Waals surface area contributed by atoms with Crippen LogP contribution in [0.15, 0.2) is 48.5 Å². The maximum Gasteiger partial charge on any atom is 0.254 e. The monoisotopic (exact) mass is 443 g/mol.